The standard InChI is InChI=1S/C10H12N4O3/c1-16-4-5-17-9-6-14(8-12-9)10(15)13-3-2-11-7-13/h2-3,6-8H,4-5H2,1H3. The predicted molar refractivity (Wildman–Crippen MR) is 58.0 cm³/mol. The Morgan fingerprint density at radius 3 is 2.94 bits per heavy atom. The average Bonchev–Trinajstić information content (AvgIpc) is 3.00. The Kier molecular flexibility index (Phi) is 3.51. The second kappa shape index (κ2) is 5.26. The van der Waals surface area contributed by atoms with E-state index < -0.39 is 0 Å². The maximum Gasteiger partial charge on any atom is 0.338 e. The van der Waals surface area contributed by atoms with E-state index in [9.17, 15) is 4.79 Å². The molecule has 2 rings (SSSR count). The summed E-state index contributed by atoms with van der Waals surface area (Å²) in [6.07, 6.45) is 7.43. The SMILES string of the molecule is COCCOc1cn(C(=O)n2ccnc2)cn1. The van der Waals surface area contributed by atoms with Crippen LogP contribution in [0.3, 0.4) is 0 Å². The number of carbonyl (C=O) groups is 1. The predicted octanol–water partition coefficient (Wildman–Crippen LogP) is 0.621. The van der Waals surface area contributed by atoms with Crippen LogP contribution in [0.5, 0.6) is 5.88 Å². The molecule has 0 unspecified atom stereocenters. The van der Waals surface area contributed by atoms with E-state index in [1.54, 1.807) is 13.3 Å². The minimum atomic E-state index is -0.267. The van der Waals surface area contributed by atoms with Crippen molar-refractivity contribution in [1.29, 1.82) is 0 Å². The van der Waals surface area contributed by atoms with Crippen molar-refractivity contribution in [3.8, 4) is 5.88 Å². The highest BCUT2D eigenvalue weighted by molar-refractivity contribution is 5.78. The molecule has 0 saturated carbocycles. The van der Waals surface area contributed by atoms with Crippen LogP contribution in [0.2, 0.25) is 0 Å². The van der Waals surface area contributed by atoms with E-state index in [0.29, 0.717) is 19.1 Å². The van der Waals surface area contributed by atoms with Crippen molar-refractivity contribution in [1.82, 2.24) is 19.1 Å². The molecule has 0 aliphatic carbocycles. The number of hydrogen-bond donors (Lipinski definition) is 0. The van der Waals surface area contributed by atoms with Gasteiger partial charge >= 0.3 is 6.03 Å². The molecule has 90 valence electrons. The van der Waals surface area contributed by atoms with Gasteiger partial charge in [0.2, 0.25) is 5.88 Å². The zero-order valence-corrected chi connectivity index (χ0v) is 9.31. The molecular formula is C10H12N4O3. The summed E-state index contributed by atoms with van der Waals surface area (Å²) >= 11 is 0. The Morgan fingerprint density at radius 1 is 1.35 bits per heavy atom. The Morgan fingerprint density at radius 2 is 2.24 bits per heavy atom. The van der Waals surface area contributed by atoms with Crippen molar-refractivity contribution in [2.45, 2.75) is 0 Å². The molecule has 0 aromatic carbocycles. The molecule has 0 N–H and O–H groups in total. The number of aromatic nitrogens is 4. The van der Waals surface area contributed by atoms with Crippen molar-refractivity contribution in [3.05, 3.63) is 31.2 Å². The molecule has 0 saturated heterocycles. The first-order valence-corrected chi connectivity index (χ1v) is 4.99. The number of rotatable bonds is 4. The van der Waals surface area contributed by atoms with Crippen molar-refractivity contribution >= 4 is 6.03 Å². The smallest absolute Gasteiger partial charge is 0.338 e. The number of ether oxygens (including phenoxy) is 2. The van der Waals surface area contributed by atoms with E-state index in [0.717, 1.165) is 0 Å². The van der Waals surface area contributed by atoms with Gasteiger partial charge in [-0.25, -0.2) is 14.8 Å². The molecule has 17 heavy (non-hydrogen) atoms. The lowest BCUT2D eigenvalue weighted by Gasteiger charge is -2.01. The fraction of sp³-hybridized carbons (Fsp3) is 0.300. The Labute approximate surface area is 97.6 Å². The molecular weight excluding hydrogens is 224 g/mol. The zero-order chi connectivity index (χ0) is 12.1. The first kappa shape index (κ1) is 11.3. The van der Waals surface area contributed by atoms with E-state index in [1.165, 1.54) is 34.2 Å². The van der Waals surface area contributed by atoms with Crippen LogP contribution < -0.4 is 4.74 Å². The maximum atomic E-state index is 11.8. The van der Waals surface area contributed by atoms with Gasteiger partial charge in [-0.05, 0) is 0 Å². The summed E-state index contributed by atoms with van der Waals surface area (Å²) in [6, 6.07) is -0.267. The third-order valence-corrected chi connectivity index (χ3v) is 2.04. The zero-order valence-electron chi connectivity index (χ0n) is 9.31. The molecule has 0 amide bonds. The first-order chi connectivity index (χ1) is 8.31. The molecule has 0 bridgehead atoms. The summed E-state index contributed by atoms with van der Waals surface area (Å²) in [5.41, 5.74) is 0. The third-order valence-electron chi connectivity index (χ3n) is 2.04. The van der Waals surface area contributed by atoms with Gasteiger partial charge in [-0.2, -0.15) is 0 Å². The number of imidazole rings is 2. The summed E-state index contributed by atoms with van der Waals surface area (Å²) in [6.45, 7) is 0.870. The van der Waals surface area contributed by atoms with Crippen LogP contribution in [0.1, 0.15) is 0 Å². The number of methoxy groups -OCH3 is 1. The number of hydrogen-bond acceptors (Lipinski definition) is 5. The minimum absolute atomic E-state index is 0.267. The van der Waals surface area contributed by atoms with Gasteiger partial charge in [0.25, 0.3) is 0 Å². The summed E-state index contributed by atoms with van der Waals surface area (Å²) in [5, 5.41) is 0. The third kappa shape index (κ3) is 2.70. The minimum Gasteiger partial charge on any atom is -0.474 e. The molecule has 0 radical (unpaired) electrons. The van der Waals surface area contributed by atoms with Crippen LogP contribution in [0.25, 0.3) is 0 Å². The molecule has 7 nitrogen and oxygen atoms in total. The normalized spacial score (nSPS) is 10.4. The number of carbonyl (C=O) groups excluding carboxylic acids is 1. The van der Waals surface area contributed by atoms with E-state index in [1.807, 2.05) is 0 Å². The quantitative estimate of drug-likeness (QED) is 0.728. The highest BCUT2D eigenvalue weighted by Gasteiger charge is 2.08. The monoisotopic (exact) mass is 236 g/mol. The van der Waals surface area contributed by atoms with Gasteiger partial charge < -0.3 is 9.47 Å². The van der Waals surface area contributed by atoms with Gasteiger partial charge in [-0.3, -0.25) is 9.13 Å². The Hall–Kier alpha value is -2.15. The fourth-order valence-corrected chi connectivity index (χ4v) is 1.22. The highest BCUT2D eigenvalue weighted by Crippen LogP contribution is 2.06. The lowest BCUT2D eigenvalue weighted by Crippen LogP contribution is -2.15. The van der Waals surface area contributed by atoms with Crippen LogP contribution in [0.15, 0.2) is 31.2 Å². The average molecular weight is 236 g/mol. The van der Waals surface area contributed by atoms with Crippen LogP contribution in [-0.2, 0) is 4.74 Å². The van der Waals surface area contributed by atoms with Crippen LogP contribution in [-0.4, -0.2) is 45.5 Å². The van der Waals surface area contributed by atoms with Crippen LogP contribution >= 0.6 is 0 Å². The highest BCUT2D eigenvalue weighted by atomic mass is 16.5. The summed E-state index contributed by atoms with van der Waals surface area (Å²) < 4.78 is 12.8. The lowest BCUT2D eigenvalue weighted by atomic mass is 10.7. The largest absolute Gasteiger partial charge is 0.474 e. The summed E-state index contributed by atoms with van der Waals surface area (Å²) in [5.74, 6) is 0.385. The van der Waals surface area contributed by atoms with Crippen molar-refractivity contribution < 1.29 is 14.3 Å². The number of nitrogens with zero attached hydrogens (tertiary/aromatic N) is 4. The molecule has 2 heterocycles. The molecule has 0 spiro atoms. The van der Waals surface area contributed by atoms with E-state index in [2.05, 4.69) is 9.97 Å². The lowest BCUT2D eigenvalue weighted by molar-refractivity contribution is 0.144. The van der Waals surface area contributed by atoms with Crippen LogP contribution in [0, 0.1) is 0 Å². The molecule has 7 heteroatoms. The van der Waals surface area contributed by atoms with Crippen molar-refractivity contribution in [2.75, 3.05) is 20.3 Å². The van der Waals surface area contributed by atoms with Crippen LogP contribution in [0.4, 0.5) is 4.79 Å². The Balaban J connectivity index is 2.00. The van der Waals surface area contributed by atoms with E-state index >= 15 is 0 Å². The molecule has 2 aromatic heterocycles. The van der Waals surface area contributed by atoms with Crippen molar-refractivity contribution in [3.63, 3.8) is 0 Å². The molecule has 0 fully saturated rings. The molecule has 2 aromatic rings. The van der Waals surface area contributed by atoms with Crippen molar-refractivity contribution in [2.24, 2.45) is 0 Å². The van der Waals surface area contributed by atoms with Gasteiger partial charge in [0, 0.05) is 19.5 Å². The van der Waals surface area contributed by atoms with Gasteiger partial charge in [0.1, 0.15) is 19.3 Å². The fourth-order valence-electron chi connectivity index (χ4n) is 1.22. The van der Waals surface area contributed by atoms with Gasteiger partial charge in [-0.1, -0.05) is 0 Å². The van der Waals surface area contributed by atoms with Gasteiger partial charge in [0.15, 0.2) is 0 Å². The molecule has 0 aliphatic heterocycles. The van der Waals surface area contributed by atoms with E-state index in [-0.39, 0.29) is 6.03 Å². The second-order valence-electron chi connectivity index (χ2n) is 3.21. The van der Waals surface area contributed by atoms with Gasteiger partial charge in [0.05, 0.1) is 12.8 Å². The molecule has 0 atom stereocenters. The summed E-state index contributed by atoms with van der Waals surface area (Å²) in [7, 11) is 1.59. The first-order valence-electron chi connectivity index (χ1n) is 4.99. The summed E-state index contributed by atoms with van der Waals surface area (Å²) in [4.78, 5) is 19.6. The Bertz CT molecular complexity index is 477. The van der Waals surface area contributed by atoms with E-state index in [4.69, 9.17) is 9.47 Å². The maximum absolute atomic E-state index is 11.8. The topological polar surface area (TPSA) is 71.2 Å². The molecule has 0 aliphatic rings. The van der Waals surface area contributed by atoms with Gasteiger partial charge in [-0.15, -0.1) is 0 Å². The second-order valence-corrected chi connectivity index (χ2v) is 3.21.